The second-order valence-corrected chi connectivity index (χ2v) is 2.69. The predicted octanol–water partition coefficient (Wildman–Crippen LogP) is 3.65. The molecule has 0 aliphatic rings. The average molecular weight is 248 g/mol. The first-order valence-electron chi connectivity index (χ1n) is 2.63. The fourth-order valence-electron chi connectivity index (χ4n) is 0.643. The molecule has 0 fully saturated rings. The van der Waals surface area contributed by atoms with Crippen LogP contribution in [-0.4, -0.2) is 6.29 Å². The molecule has 0 aliphatic carbocycles. The van der Waals surface area contributed by atoms with Gasteiger partial charge in [-0.2, -0.15) is 0 Å². The first-order chi connectivity index (χ1) is 4.72. The van der Waals surface area contributed by atoms with E-state index in [1.54, 1.807) is 18.2 Å². The second kappa shape index (κ2) is 6.55. The third-order valence-electron chi connectivity index (χ3n) is 1.02. The smallest absolute Gasteiger partial charge is 0.150 e. The number of rotatable bonds is 1. The van der Waals surface area contributed by atoms with Gasteiger partial charge in [0, 0.05) is 15.6 Å². The summed E-state index contributed by atoms with van der Waals surface area (Å²) in [5.74, 6) is 0. The molecule has 0 spiro atoms. The summed E-state index contributed by atoms with van der Waals surface area (Å²) in [5.41, 5.74) is 0.498. The summed E-state index contributed by atoms with van der Waals surface area (Å²) in [4.78, 5) is 10.2. The Hall–Kier alpha value is 0.0500. The zero-order chi connectivity index (χ0) is 7.56. The number of hydrogen-bond donors (Lipinski definition) is 0. The molecule has 0 unspecified atom stereocenters. The van der Waals surface area contributed by atoms with Crippen LogP contribution in [-0.2, 0) is 0 Å². The fourth-order valence-corrected chi connectivity index (χ4v) is 1.19. The van der Waals surface area contributed by atoms with Crippen molar-refractivity contribution in [3.63, 3.8) is 0 Å². The van der Waals surface area contributed by atoms with Gasteiger partial charge < -0.3 is 0 Å². The minimum Gasteiger partial charge on any atom is -0.298 e. The van der Waals surface area contributed by atoms with Crippen molar-refractivity contribution < 1.29 is 4.79 Å². The van der Waals surface area contributed by atoms with E-state index in [0.717, 1.165) is 0 Å². The van der Waals surface area contributed by atoms with Crippen LogP contribution < -0.4 is 0 Å². The molecule has 0 aromatic heterocycles. The van der Waals surface area contributed by atoms with E-state index in [2.05, 4.69) is 0 Å². The molecule has 1 nitrogen and oxygen atoms in total. The lowest BCUT2D eigenvalue weighted by molar-refractivity contribution is 0.112. The maximum atomic E-state index is 10.2. The van der Waals surface area contributed by atoms with Crippen molar-refractivity contribution in [3.05, 3.63) is 33.8 Å². The highest BCUT2D eigenvalue weighted by Crippen LogP contribution is 2.17. The maximum absolute atomic E-state index is 10.2. The Balaban J connectivity index is 0. The molecule has 12 heavy (non-hydrogen) atoms. The largest absolute Gasteiger partial charge is 0.298 e. The van der Waals surface area contributed by atoms with E-state index in [4.69, 9.17) is 23.2 Å². The van der Waals surface area contributed by atoms with Crippen molar-refractivity contribution in [2.75, 3.05) is 0 Å². The third-order valence-corrected chi connectivity index (χ3v) is 1.46. The molecule has 0 saturated carbocycles. The lowest BCUT2D eigenvalue weighted by atomic mass is 10.2. The van der Waals surface area contributed by atoms with Crippen LogP contribution in [0.3, 0.4) is 0 Å². The topological polar surface area (TPSA) is 17.1 Å². The molecular weight excluding hydrogens is 242 g/mol. The summed E-state index contributed by atoms with van der Waals surface area (Å²) >= 11 is 11.2. The van der Waals surface area contributed by atoms with Crippen LogP contribution in [0.4, 0.5) is 0 Å². The Morgan fingerprint density at radius 1 is 1.00 bits per heavy atom. The van der Waals surface area contributed by atoms with Crippen LogP contribution in [0.2, 0.25) is 10.0 Å². The van der Waals surface area contributed by atoms with Gasteiger partial charge in [0.1, 0.15) is 6.29 Å². The Labute approximate surface area is 92.9 Å². The first kappa shape index (κ1) is 14.6. The molecule has 0 atom stereocenters. The summed E-state index contributed by atoms with van der Waals surface area (Å²) < 4.78 is 0. The Morgan fingerprint density at radius 3 is 1.75 bits per heavy atom. The molecule has 5 heteroatoms. The average Bonchev–Trinajstić information content (AvgIpc) is 1.85. The van der Waals surface area contributed by atoms with E-state index in [0.29, 0.717) is 21.9 Å². The number of carbonyl (C=O) groups excluding carboxylic acids is 1. The van der Waals surface area contributed by atoms with Gasteiger partial charge in [-0.3, -0.25) is 4.79 Å². The third kappa shape index (κ3) is 4.17. The normalized spacial score (nSPS) is 7.83. The Kier molecular flexibility index (Phi) is 7.96. The Bertz CT molecular complexity index is 241. The van der Waals surface area contributed by atoms with Crippen molar-refractivity contribution >= 4 is 54.3 Å². The van der Waals surface area contributed by atoms with E-state index in [9.17, 15) is 4.79 Å². The van der Waals surface area contributed by atoms with Gasteiger partial charge >= 0.3 is 0 Å². The maximum Gasteiger partial charge on any atom is 0.150 e. The monoisotopic (exact) mass is 246 g/mol. The zero-order valence-electron chi connectivity index (χ0n) is 5.79. The van der Waals surface area contributed by atoms with Crippen molar-refractivity contribution in [2.45, 2.75) is 0 Å². The highest BCUT2D eigenvalue weighted by atomic mass is 35.5. The van der Waals surface area contributed by atoms with Gasteiger partial charge in [-0.25, -0.2) is 0 Å². The molecule has 1 aromatic rings. The molecule has 68 valence electrons. The van der Waals surface area contributed by atoms with Crippen LogP contribution in [0.5, 0.6) is 0 Å². The number of aldehydes is 1. The molecular formula is C7H6Cl4O. The minimum atomic E-state index is 0. The van der Waals surface area contributed by atoms with Gasteiger partial charge in [0.05, 0.1) is 0 Å². The summed E-state index contributed by atoms with van der Waals surface area (Å²) in [5, 5.41) is 0.962. The number of benzene rings is 1. The highest BCUT2D eigenvalue weighted by Gasteiger charge is 1.94. The molecule has 0 aliphatic heterocycles. The molecule has 0 saturated heterocycles. The van der Waals surface area contributed by atoms with Crippen LogP contribution in [0.15, 0.2) is 18.2 Å². The number of hydrogen-bond acceptors (Lipinski definition) is 1. The van der Waals surface area contributed by atoms with Crippen molar-refractivity contribution in [2.24, 2.45) is 0 Å². The second-order valence-electron chi connectivity index (χ2n) is 1.82. The lowest BCUT2D eigenvalue weighted by Crippen LogP contribution is -1.77. The summed E-state index contributed by atoms with van der Waals surface area (Å²) in [7, 11) is 0. The van der Waals surface area contributed by atoms with Crippen LogP contribution in [0.25, 0.3) is 0 Å². The molecule has 0 bridgehead atoms. The first-order valence-corrected chi connectivity index (χ1v) is 3.39. The van der Waals surface area contributed by atoms with Crippen molar-refractivity contribution in [1.29, 1.82) is 0 Å². The van der Waals surface area contributed by atoms with Gasteiger partial charge in [-0.05, 0) is 18.2 Å². The lowest BCUT2D eigenvalue weighted by Gasteiger charge is -1.92. The molecule has 0 N–H and O–H groups in total. The van der Waals surface area contributed by atoms with Gasteiger partial charge in [0.2, 0.25) is 0 Å². The summed E-state index contributed by atoms with van der Waals surface area (Å²) in [6.07, 6.45) is 0.706. The quantitative estimate of drug-likeness (QED) is 0.693. The van der Waals surface area contributed by atoms with Gasteiger partial charge in [0.15, 0.2) is 0 Å². The summed E-state index contributed by atoms with van der Waals surface area (Å²) in [6.45, 7) is 0. The van der Waals surface area contributed by atoms with Crippen LogP contribution in [0.1, 0.15) is 10.4 Å². The number of carbonyl (C=O) groups is 1. The number of halogens is 4. The van der Waals surface area contributed by atoms with Gasteiger partial charge in [-0.15, -0.1) is 24.8 Å². The van der Waals surface area contributed by atoms with E-state index in [1.165, 1.54) is 0 Å². The van der Waals surface area contributed by atoms with E-state index < -0.39 is 0 Å². The minimum absolute atomic E-state index is 0. The molecule has 1 aromatic carbocycles. The standard InChI is InChI=1S/C7H4Cl2O.2ClH/c8-6-1-5(4-10)2-7(9)3-6;;/h1-4H;2*1H. The molecule has 0 heterocycles. The predicted molar refractivity (Wildman–Crippen MR) is 56.3 cm³/mol. The van der Waals surface area contributed by atoms with Crippen LogP contribution >= 0.6 is 48.0 Å². The van der Waals surface area contributed by atoms with Gasteiger partial charge in [0.25, 0.3) is 0 Å². The molecule has 1 rings (SSSR count). The van der Waals surface area contributed by atoms with Crippen molar-refractivity contribution in [1.82, 2.24) is 0 Å². The van der Waals surface area contributed by atoms with E-state index in [1.807, 2.05) is 0 Å². The Morgan fingerprint density at radius 2 is 1.42 bits per heavy atom. The van der Waals surface area contributed by atoms with Crippen molar-refractivity contribution in [3.8, 4) is 0 Å². The zero-order valence-corrected chi connectivity index (χ0v) is 8.93. The molecule has 0 amide bonds. The van der Waals surface area contributed by atoms with E-state index in [-0.39, 0.29) is 24.8 Å². The fraction of sp³-hybridized carbons (Fsp3) is 0. The van der Waals surface area contributed by atoms with Gasteiger partial charge in [-0.1, -0.05) is 23.2 Å². The summed E-state index contributed by atoms with van der Waals surface area (Å²) in [6, 6.07) is 4.69. The highest BCUT2D eigenvalue weighted by molar-refractivity contribution is 6.35. The van der Waals surface area contributed by atoms with Crippen LogP contribution in [0, 0.1) is 0 Å². The SMILES string of the molecule is Cl.Cl.O=Cc1cc(Cl)cc(Cl)c1. The van der Waals surface area contributed by atoms with E-state index >= 15 is 0 Å². The molecule has 0 radical (unpaired) electrons.